The lowest BCUT2D eigenvalue weighted by molar-refractivity contribution is -0.122. The molecular formula is C21H24N2O3. The van der Waals surface area contributed by atoms with Crippen molar-refractivity contribution in [2.24, 2.45) is 0 Å². The fraction of sp³-hybridized carbons (Fsp3) is 0.381. The number of carbonyl (C=O) groups is 1. The van der Waals surface area contributed by atoms with Crippen LogP contribution in [-0.2, 0) is 4.79 Å². The number of piperazine rings is 1. The van der Waals surface area contributed by atoms with Crippen LogP contribution in [-0.4, -0.2) is 54.8 Å². The minimum Gasteiger partial charge on any atom is -0.495 e. The van der Waals surface area contributed by atoms with Gasteiger partial charge >= 0.3 is 0 Å². The molecule has 5 nitrogen and oxygen atoms in total. The predicted octanol–water partition coefficient (Wildman–Crippen LogP) is 2.53. The summed E-state index contributed by atoms with van der Waals surface area (Å²) in [7, 11) is 1.65. The highest BCUT2D eigenvalue weighted by Gasteiger charge is 2.50. The average Bonchev–Trinajstić information content (AvgIpc) is 3.24. The second kappa shape index (κ2) is 7.09. The molecule has 0 aliphatic carbocycles. The summed E-state index contributed by atoms with van der Waals surface area (Å²) in [4.78, 5) is 17.1. The van der Waals surface area contributed by atoms with Crippen LogP contribution >= 0.6 is 0 Å². The number of hydrogen-bond acceptors (Lipinski definition) is 4. The molecule has 2 heterocycles. The SMILES string of the molecule is COc1ccc(-c2ccccc2)cc1N1C(=O)[C@@H]2C[C@H]1CN2CCCO. The highest BCUT2D eigenvalue weighted by Crippen LogP contribution is 2.41. The Bertz CT molecular complexity index is 793. The third-order valence-electron chi connectivity index (χ3n) is 5.42. The zero-order valence-corrected chi connectivity index (χ0v) is 15.0. The van der Waals surface area contributed by atoms with Gasteiger partial charge in [-0.3, -0.25) is 9.69 Å². The van der Waals surface area contributed by atoms with Crippen molar-refractivity contribution in [2.45, 2.75) is 24.9 Å². The molecule has 4 rings (SSSR count). The van der Waals surface area contributed by atoms with Gasteiger partial charge in [0, 0.05) is 19.7 Å². The van der Waals surface area contributed by atoms with E-state index in [0.717, 1.165) is 42.1 Å². The van der Waals surface area contributed by atoms with Gasteiger partial charge < -0.3 is 14.7 Å². The third-order valence-corrected chi connectivity index (χ3v) is 5.42. The first-order chi connectivity index (χ1) is 12.7. The number of aliphatic hydroxyl groups is 1. The maximum absolute atomic E-state index is 13.0. The van der Waals surface area contributed by atoms with Crippen LogP contribution in [0.1, 0.15) is 12.8 Å². The Balaban J connectivity index is 1.65. The molecule has 5 heteroatoms. The first kappa shape index (κ1) is 17.1. The summed E-state index contributed by atoms with van der Waals surface area (Å²) in [6, 6.07) is 16.3. The fourth-order valence-electron chi connectivity index (χ4n) is 4.19. The number of anilines is 1. The summed E-state index contributed by atoms with van der Waals surface area (Å²) >= 11 is 0. The van der Waals surface area contributed by atoms with Crippen LogP contribution in [0.5, 0.6) is 5.75 Å². The van der Waals surface area contributed by atoms with E-state index in [1.54, 1.807) is 7.11 Å². The summed E-state index contributed by atoms with van der Waals surface area (Å²) in [5, 5.41) is 9.06. The Morgan fingerprint density at radius 1 is 1.15 bits per heavy atom. The number of ether oxygens (including phenoxy) is 1. The first-order valence-corrected chi connectivity index (χ1v) is 9.14. The molecule has 0 spiro atoms. The molecule has 1 amide bonds. The molecule has 1 N–H and O–H groups in total. The monoisotopic (exact) mass is 352 g/mol. The van der Waals surface area contributed by atoms with E-state index < -0.39 is 0 Å². The molecule has 2 aromatic carbocycles. The molecule has 0 saturated carbocycles. The molecular weight excluding hydrogens is 328 g/mol. The van der Waals surface area contributed by atoms with Crippen molar-refractivity contribution in [3.05, 3.63) is 48.5 Å². The van der Waals surface area contributed by atoms with E-state index in [1.165, 1.54) is 0 Å². The van der Waals surface area contributed by atoms with Crippen molar-refractivity contribution in [1.29, 1.82) is 0 Å². The number of likely N-dealkylation sites (tertiary alicyclic amines) is 1. The summed E-state index contributed by atoms with van der Waals surface area (Å²) < 4.78 is 5.56. The van der Waals surface area contributed by atoms with Gasteiger partial charge in [0.25, 0.3) is 0 Å². The highest BCUT2D eigenvalue weighted by molar-refractivity contribution is 6.03. The lowest BCUT2D eigenvalue weighted by atomic mass is 10.0. The van der Waals surface area contributed by atoms with E-state index in [1.807, 2.05) is 35.2 Å². The number of carbonyl (C=O) groups excluding carboxylic acids is 1. The van der Waals surface area contributed by atoms with Crippen LogP contribution in [0.4, 0.5) is 5.69 Å². The van der Waals surface area contributed by atoms with Crippen LogP contribution in [0.2, 0.25) is 0 Å². The van der Waals surface area contributed by atoms with E-state index >= 15 is 0 Å². The van der Waals surface area contributed by atoms with Gasteiger partial charge in [0.05, 0.1) is 24.9 Å². The van der Waals surface area contributed by atoms with Gasteiger partial charge in [-0.05, 0) is 36.1 Å². The molecule has 2 fully saturated rings. The highest BCUT2D eigenvalue weighted by atomic mass is 16.5. The van der Waals surface area contributed by atoms with Crippen molar-refractivity contribution in [1.82, 2.24) is 4.90 Å². The molecule has 0 radical (unpaired) electrons. The summed E-state index contributed by atoms with van der Waals surface area (Å²) in [6.45, 7) is 1.80. The standard InChI is InChI=1S/C21H24N2O3/c1-26-20-9-8-16(15-6-3-2-4-7-15)12-18(20)23-17-13-19(21(23)25)22(14-17)10-5-11-24/h2-4,6-9,12,17,19,24H,5,10-11,13-14H2,1H3/t17-,19-/m0/s1. The van der Waals surface area contributed by atoms with Crippen molar-refractivity contribution in [2.75, 3.05) is 31.7 Å². The van der Waals surface area contributed by atoms with Crippen molar-refractivity contribution in [3.63, 3.8) is 0 Å². The summed E-state index contributed by atoms with van der Waals surface area (Å²) in [5.74, 6) is 0.871. The molecule has 2 aromatic rings. The first-order valence-electron chi connectivity index (χ1n) is 9.14. The molecule has 2 bridgehead atoms. The van der Waals surface area contributed by atoms with Gasteiger partial charge in [0.15, 0.2) is 0 Å². The van der Waals surface area contributed by atoms with E-state index in [0.29, 0.717) is 6.42 Å². The van der Waals surface area contributed by atoms with Crippen molar-refractivity contribution >= 4 is 11.6 Å². The smallest absolute Gasteiger partial charge is 0.244 e. The van der Waals surface area contributed by atoms with Gasteiger partial charge in [0.1, 0.15) is 5.75 Å². The minimum absolute atomic E-state index is 0.0726. The lowest BCUT2D eigenvalue weighted by Crippen LogP contribution is -2.50. The minimum atomic E-state index is -0.0726. The Hall–Kier alpha value is -2.37. The molecule has 0 unspecified atom stereocenters. The number of fused-ring (bicyclic) bond motifs is 2. The van der Waals surface area contributed by atoms with Crippen LogP contribution in [0.25, 0.3) is 11.1 Å². The quantitative estimate of drug-likeness (QED) is 0.868. The maximum Gasteiger partial charge on any atom is 0.244 e. The van der Waals surface area contributed by atoms with Crippen LogP contribution in [0.3, 0.4) is 0 Å². The van der Waals surface area contributed by atoms with E-state index in [9.17, 15) is 4.79 Å². The number of hydrogen-bond donors (Lipinski definition) is 1. The number of amides is 1. The van der Waals surface area contributed by atoms with E-state index in [2.05, 4.69) is 23.1 Å². The van der Waals surface area contributed by atoms with Gasteiger partial charge in [-0.25, -0.2) is 0 Å². The number of aliphatic hydroxyl groups excluding tert-OH is 1. The second-order valence-corrected chi connectivity index (χ2v) is 6.94. The Labute approximate surface area is 153 Å². The zero-order valence-electron chi connectivity index (χ0n) is 15.0. The maximum atomic E-state index is 13.0. The van der Waals surface area contributed by atoms with Crippen LogP contribution in [0.15, 0.2) is 48.5 Å². The topological polar surface area (TPSA) is 53.0 Å². The van der Waals surface area contributed by atoms with Crippen molar-refractivity contribution < 1.29 is 14.6 Å². The Morgan fingerprint density at radius 3 is 2.65 bits per heavy atom. The van der Waals surface area contributed by atoms with Crippen molar-refractivity contribution in [3.8, 4) is 16.9 Å². The van der Waals surface area contributed by atoms with Gasteiger partial charge in [-0.1, -0.05) is 36.4 Å². The summed E-state index contributed by atoms with van der Waals surface area (Å²) in [5.41, 5.74) is 3.06. The van der Waals surface area contributed by atoms with E-state index in [4.69, 9.17) is 9.84 Å². The molecule has 0 aromatic heterocycles. The number of methoxy groups -OCH3 is 1. The molecule has 2 atom stereocenters. The zero-order chi connectivity index (χ0) is 18.1. The van der Waals surface area contributed by atoms with Crippen LogP contribution in [0, 0.1) is 0 Å². The molecule has 136 valence electrons. The molecule has 2 saturated heterocycles. The average molecular weight is 352 g/mol. The Kier molecular flexibility index (Phi) is 4.66. The number of benzene rings is 2. The third kappa shape index (κ3) is 2.87. The van der Waals surface area contributed by atoms with Crippen LogP contribution < -0.4 is 9.64 Å². The normalized spacial score (nSPS) is 22.2. The fourth-order valence-corrected chi connectivity index (χ4v) is 4.19. The van der Waals surface area contributed by atoms with Gasteiger partial charge in [-0.15, -0.1) is 0 Å². The summed E-state index contributed by atoms with van der Waals surface area (Å²) in [6.07, 6.45) is 1.56. The number of nitrogens with zero attached hydrogens (tertiary/aromatic N) is 2. The number of rotatable bonds is 6. The Morgan fingerprint density at radius 2 is 1.96 bits per heavy atom. The molecule has 26 heavy (non-hydrogen) atoms. The lowest BCUT2D eigenvalue weighted by Gasteiger charge is -2.34. The predicted molar refractivity (Wildman–Crippen MR) is 101 cm³/mol. The molecule has 2 aliphatic heterocycles. The van der Waals surface area contributed by atoms with Gasteiger partial charge in [-0.2, -0.15) is 0 Å². The molecule has 2 aliphatic rings. The van der Waals surface area contributed by atoms with Gasteiger partial charge in [0.2, 0.25) is 5.91 Å². The van der Waals surface area contributed by atoms with E-state index in [-0.39, 0.29) is 24.6 Å². The largest absolute Gasteiger partial charge is 0.495 e. The second-order valence-electron chi connectivity index (χ2n) is 6.94.